The van der Waals surface area contributed by atoms with Crippen LogP contribution in [0.25, 0.3) is 0 Å². The fourth-order valence-electron chi connectivity index (χ4n) is 1.12. The topological polar surface area (TPSA) is 63.3 Å². The van der Waals surface area contributed by atoms with Crippen molar-refractivity contribution in [2.24, 2.45) is 5.73 Å². The summed E-state index contributed by atoms with van der Waals surface area (Å²) in [6.07, 6.45) is 0. The van der Waals surface area contributed by atoms with Crippen LogP contribution in [0, 0.1) is 0 Å². The van der Waals surface area contributed by atoms with Gasteiger partial charge in [-0.1, -0.05) is 65.1 Å². The number of amides is 1. The molecule has 0 bridgehead atoms. The number of benzene rings is 1. The third kappa shape index (κ3) is 2.21. The van der Waals surface area contributed by atoms with Crippen LogP contribution in [0.1, 0.15) is 5.56 Å². The van der Waals surface area contributed by atoms with Crippen molar-refractivity contribution in [3.8, 4) is 0 Å². The zero-order chi connectivity index (χ0) is 11.7. The molecule has 0 aliphatic carbocycles. The Kier molecular flexibility index (Phi) is 3.51. The van der Waals surface area contributed by atoms with Crippen molar-refractivity contribution in [1.29, 1.82) is 0 Å². The summed E-state index contributed by atoms with van der Waals surface area (Å²) in [6, 6.07) is 7.79. The van der Waals surface area contributed by atoms with E-state index >= 15 is 0 Å². The average molecular weight is 269 g/mol. The number of halogens is 3. The zero-order valence-corrected chi connectivity index (χ0v) is 9.72. The van der Waals surface area contributed by atoms with Gasteiger partial charge in [-0.2, -0.15) is 0 Å². The van der Waals surface area contributed by atoms with Crippen LogP contribution in [-0.2, 0) is 10.4 Å². The van der Waals surface area contributed by atoms with Crippen LogP contribution < -0.4 is 5.73 Å². The maximum absolute atomic E-state index is 11.2. The largest absolute Gasteiger partial charge is 0.372 e. The Balaban J connectivity index is 3.32. The summed E-state index contributed by atoms with van der Waals surface area (Å²) in [4.78, 5) is 11.2. The van der Waals surface area contributed by atoms with Crippen molar-refractivity contribution < 1.29 is 9.90 Å². The summed E-state index contributed by atoms with van der Waals surface area (Å²) < 4.78 is -2.22. The Hall–Kier alpha value is -0.480. The SMILES string of the molecule is NC(=O)C(O)(c1ccccc1)C(Cl)(Cl)Cl. The summed E-state index contributed by atoms with van der Waals surface area (Å²) in [5.41, 5.74) is 2.85. The van der Waals surface area contributed by atoms with Crippen LogP contribution in [0.4, 0.5) is 0 Å². The van der Waals surface area contributed by atoms with E-state index in [1.807, 2.05) is 0 Å². The monoisotopic (exact) mass is 267 g/mol. The highest BCUT2D eigenvalue weighted by molar-refractivity contribution is 6.69. The second-order valence-electron chi connectivity index (χ2n) is 2.94. The summed E-state index contributed by atoms with van der Waals surface area (Å²) >= 11 is 16.6. The number of hydrogen-bond donors (Lipinski definition) is 2. The number of hydrogen-bond acceptors (Lipinski definition) is 2. The fraction of sp³-hybridized carbons (Fsp3) is 0.222. The summed E-state index contributed by atoms with van der Waals surface area (Å²) in [6.45, 7) is 0. The van der Waals surface area contributed by atoms with Gasteiger partial charge in [-0.3, -0.25) is 4.79 Å². The van der Waals surface area contributed by atoms with Gasteiger partial charge in [-0.05, 0) is 5.56 Å². The molecule has 0 fully saturated rings. The quantitative estimate of drug-likeness (QED) is 0.802. The lowest BCUT2D eigenvalue weighted by atomic mass is 9.95. The summed E-state index contributed by atoms with van der Waals surface area (Å²) in [5, 5.41) is 10.0. The van der Waals surface area contributed by atoms with Gasteiger partial charge in [-0.25, -0.2) is 0 Å². The molecule has 1 aromatic carbocycles. The molecule has 6 heteroatoms. The Morgan fingerprint density at radius 1 is 1.20 bits per heavy atom. The zero-order valence-electron chi connectivity index (χ0n) is 7.45. The number of nitrogens with two attached hydrogens (primary N) is 1. The molecule has 1 amide bonds. The Bertz CT molecular complexity index is 363. The molecule has 0 saturated heterocycles. The maximum atomic E-state index is 11.2. The first-order valence-corrected chi connectivity index (χ1v) is 5.08. The molecule has 1 rings (SSSR count). The number of primary amides is 1. The molecular formula is C9H8Cl3NO2. The number of rotatable bonds is 2. The Labute approximate surface area is 102 Å². The van der Waals surface area contributed by atoms with Gasteiger partial charge in [0.2, 0.25) is 9.39 Å². The minimum Gasteiger partial charge on any atom is -0.372 e. The highest BCUT2D eigenvalue weighted by Crippen LogP contribution is 2.44. The maximum Gasteiger partial charge on any atom is 0.258 e. The van der Waals surface area contributed by atoms with Gasteiger partial charge in [0, 0.05) is 0 Å². The predicted octanol–water partition coefficient (Wildman–Crippen LogP) is 1.73. The summed E-state index contributed by atoms with van der Waals surface area (Å²) in [7, 11) is 0. The molecule has 3 N–H and O–H groups in total. The van der Waals surface area contributed by atoms with Crippen LogP contribution in [0.3, 0.4) is 0 Å². The lowest BCUT2D eigenvalue weighted by Gasteiger charge is -2.31. The van der Waals surface area contributed by atoms with Crippen molar-refractivity contribution >= 4 is 40.7 Å². The number of alkyl halides is 3. The molecule has 0 aliphatic rings. The third-order valence-corrected chi connectivity index (χ3v) is 2.78. The second kappa shape index (κ2) is 4.18. The van der Waals surface area contributed by atoms with Crippen LogP contribution in [-0.4, -0.2) is 14.8 Å². The molecular weight excluding hydrogens is 260 g/mol. The smallest absolute Gasteiger partial charge is 0.258 e. The number of carbonyl (C=O) groups is 1. The van der Waals surface area contributed by atoms with Gasteiger partial charge in [0.25, 0.3) is 5.91 Å². The van der Waals surface area contributed by atoms with Gasteiger partial charge in [-0.15, -0.1) is 0 Å². The van der Waals surface area contributed by atoms with E-state index in [0.29, 0.717) is 0 Å². The van der Waals surface area contributed by atoms with E-state index in [0.717, 1.165) is 0 Å². The van der Waals surface area contributed by atoms with E-state index in [2.05, 4.69) is 0 Å². The first-order chi connectivity index (χ1) is 6.80. The van der Waals surface area contributed by atoms with E-state index < -0.39 is 15.3 Å². The van der Waals surface area contributed by atoms with Crippen molar-refractivity contribution in [3.63, 3.8) is 0 Å². The number of carbonyl (C=O) groups excluding carboxylic acids is 1. The van der Waals surface area contributed by atoms with Crippen LogP contribution >= 0.6 is 34.8 Å². The highest BCUT2D eigenvalue weighted by atomic mass is 35.6. The molecule has 1 unspecified atom stereocenters. The molecule has 3 nitrogen and oxygen atoms in total. The summed E-state index contributed by atoms with van der Waals surface area (Å²) in [5.74, 6) is -1.12. The molecule has 0 radical (unpaired) electrons. The minimum absolute atomic E-state index is 0.137. The first kappa shape index (κ1) is 12.6. The minimum atomic E-state index is -2.33. The van der Waals surface area contributed by atoms with Gasteiger partial charge < -0.3 is 10.8 Å². The van der Waals surface area contributed by atoms with E-state index in [-0.39, 0.29) is 5.56 Å². The molecule has 15 heavy (non-hydrogen) atoms. The van der Waals surface area contributed by atoms with Gasteiger partial charge in [0.15, 0.2) is 0 Å². The predicted molar refractivity (Wildman–Crippen MR) is 59.8 cm³/mol. The average Bonchev–Trinajstić information content (AvgIpc) is 2.16. The highest BCUT2D eigenvalue weighted by Gasteiger charge is 2.53. The van der Waals surface area contributed by atoms with Crippen LogP contribution in [0.15, 0.2) is 30.3 Å². The van der Waals surface area contributed by atoms with Crippen molar-refractivity contribution in [3.05, 3.63) is 35.9 Å². The van der Waals surface area contributed by atoms with Gasteiger partial charge >= 0.3 is 0 Å². The number of aliphatic hydroxyl groups is 1. The molecule has 0 aliphatic heterocycles. The van der Waals surface area contributed by atoms with Gasteiger partial charge in [0.05, 0.1) is 0 Å². The Morgan fingerprint density at radius 2 is 1.67 bits per heavy atom. The first-order valence-electron chi connectivity index (χ1n) is 3.94. The molecule has 1 atom stereocenters. The van der Waals surface area contributed by atoms with E-state index in [1.54, 1.807) is 18.2 Å². The standard InChI is InChI=1S/C9H8Cl3NO2/c10-9(11,12)8(15,7(13)14)6-4-2-1-3-5-6/h1-5,15H,(H2,13,14). The molecule has 0 spiro atoms. The fourth-order valence-corrected chi connectivity index (χ4v) is 1.73. The van der Waals surface area contributed by atoms with Crippen LogP contribution in [0.2, 0.25) is 0 Å². The van der Waals surface area contributed by atoms with Crippen molar-refractivity contribution in [1.82, 2.24) is 0 Å². The Morgan fingerprint density at radius 3 is 2.00 bits per heavy atom. The van der Waals surface area contributed by atoms with E-state index in [1.165, 1.54) is 12.1 Å². The lowest BCUT2D eigenvalue weighted by Crippen LogP contribution is -2.51. The lowest BCUT2D eigenvalue weighted by molar-refractivity contribution is -0.136. The third-order valence-electron chi connectivity index (χ3n) is 1.96. The van der Waals surface area contributed by atoms with E-state index in [4.69, 9.17) is 40.5 Å². The van der Waals surface area contributed by atoms with Crippen molar-refractivity contribution in [2.45, 2.75) is 9.39 Å². The van der Waals surface area contributed by atoms with Crippen LogP contribution in [0.5, 0.6) is 0 Å². The molecule has 0 saturated carbocycles. The second-order valence-corrected chi connectivity index (χ2v) is 5.22. The normalized spacial score (nSPS) is 15.7. The molecule has 82 valence electrons. The molecule has 0 heterocycles. The molecule has 0 aromatic heterocycles. The van der Waals surface area contributed by atoms with Gasteiger partial charge in [0.1, 0.15) is 0 Å². The van der Waals surface area contributed by atoms with E-state index in [9.17, 15) is 9.90 Å². The molecule has 1 aromatic rings. The van der Waals surface area contributed by atoms with Crippen molar-refractivity contribution in [2.75, 3.05) is 0 Å².